The summed E-state index contributed by atoms with van der Waals surface area (Å²) in [6.45, 7) is 3.35. The number of piperidine rings is 1. The molecule has 3 aromatic rings. The molecule has 0 N–H and O–H groups in total. The number of pyridine rings is 1. The van der Waals surface area contributed by atoms with Gasteiger partial charge in [0.2, 0.25) is 11.8 Å². The van der Waals surface area contributed by atoms with Gasteiger partial charge < -0.3 is 9.32 Å². The van der Waals surface area contributed by atoms with Gasteiger partial charge in [0.1, 0.15) is 0 Å². The predicted molar refractivity (Wildman–Crippen MR) is 96.6 cm³/mol. The fraction of sp³-hybridized carbons (Fsp3) is 0.300. The van der Waals surface area contributed by atoms with Crippen molar-refractivity contribution in [2.45, 2.75) is 25.7 Å². The van der Waals surface area contributed by atoms with Crippen LogP contribution in [0.2, 0.25) is 0 Å². The number of benzene rings is 1. The standard InChI is InChI=1S/C20H20N4O2/c1-14-6-2-3-9-17(14)19-23-22-18(26-19)16-8-5-11-24(13-16)20(25)15-7-4-10-21-12-15/h2-4,6-7,9-10,12,16H,5,8,11,13H2,1H3/t16-/m1/s1. The van der Waals surface area contributed by atoms with E-state index in [1.165, 1.54) is 0 Å². The summed E-state index contributed by atoms with van der Waals surface area (Å²) in [5.74, 6) is 1.21. The molecule has 0 saturated carbocycles. The monoisotopic (exact) mass is 348 g/mol. The van der Waals surface area contributed by atoms with Crippen LogP contribution in [0.4, 0.5) is 0 Å². The topological polar surface area (TPSA) is 72.1 Å². The zero-order chi connectivity index (χ0) is 17.9. The van der Waals surface area contributed by atoms with E-state index < -0.39 is 0 Å². The SMILES string of the molecule is Cc1ccccc1-c1nnc([C@@H]2CCCN(C(=O)c3cccnc3)C2)o1. The number of hydrogen-bond donors (Lipinski definition) is 0. The van der Waals surface area contributed by atoms with Gasteiger partial charge in [-0.3, -0.25) is 9.78 Å². The smallest absolute Gasteiger partial charge is 0.255 e. The predicted octanol–water partition coefficient (Wildman–Crippen LogP) is 3.46. The molecule has 0 spiro atoms. The molecule has 1 amide bonds. The summed E-state index contributed by atoms with van der Waals surface area (Å²) in [6, 6.07) is 11.5. The molecule has 1 aliphatic rings. The second-order valence-electron chi connectivity index (χ2n) is 6.59. The second kappa shape index (κ2) is 7.07. The normalized spacial score (nSPS) is 17.3. The molecule has 1 fully saturated rings. The number of aromatic nitrogens is 3. The molecular weight excluding hydrogens is 328 g/mol. The molecule has 1 atom stereocenters. The van der Waals surface area contributed by atoms with Crippen molar-refractivity contribution in [3.63, 3.8) is 0 Å². The number of carbonyl (C=O) groups excluding carboxylic acids is 1. The zero-order valence-corrected chi connectivity index (χ0v) is 14.6. The summed E-state index contributed by atoms with van der Waals surface area (Å²) in [5, 5.41) is 8.48. The first-order valence-electron chi connectivity index (χ1n) is 8.81. The highest BCUT2D eigenvalue weighted by atomic mass is 16.4. The molecular formula is C20H20N4O2. The average molecular weight is 348 g/mol. The molecule has 0 radical (unpaired) electrons. The lowest BCUT2D eigenvalue weighted by Crippen LogP contribution is -2.39. The summed E-state index contributed by atoms with van der Waals surface area (Å²) in [4.78, 5) is 18.6. The average Bonchev–Trinajstić information content (AvgIpc) is 3.18. The van der Waals surface area contributed by atoms with E-state index in [0.29, 0.717) is 23.9 Å². The number of amides is 1. The summed E-state index contributed by atoms with van der Waals surface area (Å²) in [5.41, 5.74) is 2.66. The fourth-order valence-electron chi connectivity index (χ4n) is 3.36. The quantitative estimate of drug-likeness (QED) is 0.725. The van der Waals surface area contributed by atoms with E-state index in [2.05, 4.69) is 15.2 Å². The van der Waals surface area contributed by atoms with Gasteiger partial charge in [0.25, 0.3) is 5.91 Å². The first kappa shape index (κ1) is 16.4. The maximum Gasteiger partial charge on any atom is 0.255 e. The van der Waals surface area contributed by atoms with Crippen LogP contribution < -0.4 is 0 Å². The number of nitrogens with zero attached hydrogens (tertiary/aromatic N) is 4. The summed E-state index contributed by atoms with van der Waals surface area (Å²) >= 11 is 0. The van der Waals surface area contributed by atoms with Crippen molar-refractivity contribution < 1.29 is 9.21 Å². The van der Waals surface area contributed by atoms with Gasteiger partial charge in [0.15, 0.2) is 0 Å². The Kier molecular flexibility index (Phi) is 4.48. The van der Waals surface area contributed by atoms with Gasteiger partial charge in [-0.15, -0.1) is 10.2 Å². The Balaban J connectivity index is 1.52. The van der Waals surface area contributed by atoms with E-state index in [1.807, 2.05) is 36.1 Å². The van der Waals surface area contributed by atoms with Crippen molar-refractivity contribution in [3.8, 4) is 11.5 Å². The van der Waals surface area contributed by atoms with E-state index in [9.17, 15) is 4.79 Å². The zero-order valence-electron chi connectivity index (χ0n) is 14.6. The van der Waals surface area contributed by atoms with Gasteiger partial charge in [-0.1, -0.05) is 18.2 Å². The number of hydrogen-bond acceptors (Lipinski definition) is 5. The van der Waals surface area contributed by atoms with E-state index in [4.69, 9.17) is 4.42 Å². The van der Waals surface area contributed by atoms with Crippen LogP contribution >= 0.6 is 0 Å². The maximum absolute atomic E-state index is 12.7. The summed E-state index contributed by atoms with van der Waals surface area (Å²) < 4.78 is 5.95. The second-order valence-corrected chi connectivity index (χ2v) is 6.59. The Morgan fingerprint density at radius 1 is 1.19 bits per heavy atom. The van der Waals surface area contributed by atoms with E-state index in [1.54, 1.807) is 24.5 Å². The molecule has 6 heteroatoms. The van der Waals surface area contributed by atoms with Crippen LogP contribution in [0.5, 0.6) is 0 Å². The van der Waals surface area contributed by atoms with Crippen molar-refractivity contribution in [2.24, 2.45) is 0 Å². The molecule has 0 bridgehead atoms. The highest BCUT2D eigenvalue weighted by Crippen LogP contribution is 2.30. The van der Waals surface area contributed by atoms with E-state index in [-0.39, 0.29) is 11.8 Å². The molecule has 2 aromatic heterocycles. The largest absolute Gasteiger partial charge is 0.420 e. The third kappa shape index (κ3) is 3.22. The minimum Gasteiger partial charge on any atom is -0.420 e. The number of aryl methyl sites for hydroxylation is 1. The first-order chi connectivity index (χ1) is 12.7. The van der Waals surface area contributed by atoms with Crippen LogP contribution in [-0.2, 0) is 0 Å². The van der Waals surface area contributed by atoms with E-state index in [0.717, 1.165) is 30.5 Å². The number of carbonyl (C=O) groups is 1. The molecule has 1 aliphatic heterocycles. The third-order valence-electron chi connectivity index (χ3n) is 4.78. The van der Waals surface area contributed by atoms with Gasteiger partial charge >= 0.3 is 0 Å². The van der Waals surface area contributed by atoms with Gasteiger partial charge in [0, 0.05) is 31.0 Å². The van der Waals surface area contributed by atoms with Crippen LogP contribution in [0.15, 0.2) is 53.2 Å². The molecule has 132 valence electrons. The van der Waals surface area contributed by atoms with Gasteiger partial charge in [-0.2, -0.15) is 0 Å². The van der Waals surface area contributed by atoms with Crippen molar-refractivity contribution in [2.75, 3.05) is 13.1 Å². The number of likely N-dealkylation sites (tertiary alicyclic amines) is 1. The molecule has 0 unspecified atom stereocenters. The summed E-state index contributed by atoms with van der Waals surface area (Å²) in [7, 11) is 0. The molecule has 26 heavy (non-hydrogen) atoms. The highest BCUT2D eigenvalue weighted by Gasteiger charge is 2.29. The Morgan fingerprint density at radius 3 is 2.88 bits per heavy atom. The third-order valence-corrected chi connectivity index (χ3v) is 4.78. The van der Waals surface area contributed by atoms with Gasteiger partial charge in [0.05, 0.1) is 11.5 Å². The Morgan fingerprint density at radius 2 is 2.08 bits per heavy atom. The Labute approximate surface area is 151 Å². The molecule has 4 rings (SSSR count). The first-order valence-corrected chi connectivity index (χ1v) is 8.81. The lowest BCUT2D eigenvalue weighted by molar-refractivity contribution is 0.0698. The van der Waals surface area contributed by atoms with Crippen molar-refractivity contribution in [1.82, 2.24) is 20.1 Å². The fourth-order valence-corrected chi connectivity index (χ4v) is 3.36. The lowest BCUT2D eigenvalue weighted by Gasteiger charge is -2.31. The minimum absolute atomic E-state index is 0.00134. The summed E-state index contributed by atoms with van der Waals surface area (Å²) in [6.07, 6.45) is 5.13. The van der Waals surface area contributed by atoms with Crippen molar-refractivity contribution in [3.05, 3.63) is 65.8 Å². The maximum atomic E-state index is 12.7. The Bertz CT molecular complexity index is 907. The highest BCUT2D eigenvalue weighted by molar-refractivity contribution is 5.93. The van der Waals surface area contributed by atoms with Crippen LogP contribution in [0.3, 0.4) is 0 Å². The van der Waals surface area contributed by atoms with Crippen LogP contribution in [0.1, 0.15) is 40.6 Å². The minimum atomic E-state index is 0.00134. The lowest BCUT2D eigenvalue weighted by atomic mass is 9.97. The molecule has 0 aliphatic carbocycles. The molecule has 1 aromatic carbocycles. The van der Waals surface area contributed by atoms with Crippen LogP contribution in [-0.4, -0.2) is 39.1 Å². The van der Waals surface area contributed by atoms with Crippen LogP contribution in [0, 0.1) is 6.92 Å². The number of rotatable bonds is 3. The Hall–Kier alpha value is -3.02. The van der Waals surface area contributed by atoms with E-state index >= 15 is 0 Å². The van der Waals surface area contributed by atoms with Gasteiger partial charge in [-0.25, -0.2) is 0 Å². The van der Waals surface area contributed by atoms with Crippen molar-refractivity contribution >= 4 is 5.91 Å². The molecule has 6 nitrogen and oxygen atoms in total. The van der Waals surface area contributed by atoms with Gasteiger partial charge in [-0.05, 0) is 43.5 Å². The molecule has 3 heterocycles. The van der Waals surface area contributed by atoms with Crippen molar-refractivity contribution in [1.29, 1.82) is 0 Å². The molecule has 1 saturated heterocycles. The van der Waals surface area contributed by atoms with Crippen LogP contribution in [0.25, 0.3) is 11.5 Å².